The van der Waals surface area contributed by atoms with Gasteiger partial charge in [0.05, 0.1) is 36.4 Å². The maximum absolute atomic E-state index is 11.7. The molecule has 2 N–H and O–H groups in total. The van der Waals surface area contributed by atoms with E-state index in [1.165, 1.54) is 23.8 Å². The van der Waals surface area contributed by atoms with Crippen LogP contribution in [-0.2, 0) is 26.3 Å². The molecule has 1 aromatic carbocycles. The summed E-state index contributed by atoms with van der Waals surface area (Å²) in [4.78, 5) is 11.7. The van der Waals surface area contributed by atoms with E-state index in [0.717, 1.165) is 12.8 Å². The van der Waals surface area contributed by atoms with Gasteiger partial charge in [0.2, 0.25) is 0 Å². The average molecular weight is 419 g/mol. The highest BCUT2D eigenvalue weighted by atomic mass is 16.5. The summed E-state index contributed by atoms with van der Waals surface area (Å²) in [7, 11) is 1.32. The number of hydrogen-bond donors (Lipinski definition) is 2. The van der Waals surface area contributed by atoms with Crippen LogP contribution in [0.1, 0.15) is 70.6 Å². The van der Waals surface area contributed by atoms with Crippen molar-refractivity contribution in [2.24, 2.45) is 17.3 Å². The molecule has 1 aliphatic carbocycles. The molecule has 3 rings (SSSR count). The number of fused-ring (bicyclic) bond motifs is 3. The van der Waals surface area contributed by atoms with Crippen molar-refractivity contribution >= 4 is 5.97 Å². The van der Waals surface area contributed by atoms with Crippen LogP contribution in [0.25, 0.3) is 0 Å². The Hall–Kier alpha value is -1.43. The standard InChI is InChI=1S/C25H38O5/c1-15-8-9-19-18(12-15)13-16(2)23(4)14-21(30-25(19,23)6)24(5,28)11-10-20(26)17(3)22(27)29-7/h8-9,12,16-17,20-21,26,28H,10-11,13-14H2,1-7H3/t16-,17-,20-,21+,23+,24-,25-/m1/s1. The summed E-state index contributed by atoms with van der Waals surface area (Å²) in [6.07, 6.45) is 1.22. The van der Waals surface area contributed by atoms with E-state index in [2.05, 4.69) is 45.9 Å². The topological polar surface area (TPSA) is 76.0 Å². The van der Waals surface area contributed by atoms with Crippen LogP contribution < -0.4 is 0 Å². The number of rotatable bonds is 6. The van der Waals surface area contributed by atoms with E-state index in [-0.39, 0.29) is 11.5 Å². The van der Waals surface area contributed by atoms with Crippen LogP contribution in [-0.4, -0.2) is 41.1 Å². The molecule has 0 unspecified atom stereocenters. The first kappa shape index (κ1) is 23.2. The number of aliphatic hydroxyl groups is 2. The second kappa shape index (κ2) is 7.92. The third kappa shape index (κ3) is 3.69. The Morgan fingerprint density at radius 3 is 2.70 bits per heavy atom. The quantitative estimate of drug-likeness (QED) is 0.685. The summed E-state index contributed by atoms with van der Waals surface area (Å²) in [5, 5.41) is 21.7. The molecule has 30 heavy (non-hydrogen) atoms. The first-order valence-corrected chi connectivity index (χ1v) is 11.1. The smallest absolute Gasteiger partial charge is 0.311 e. The molecule has 1 heterocycles. The van der Waals surface area contributed by atoms with E-state index in [1.807, 2.05) is 0 Å². The molecular formula is C25H38O5. The summed E-state index contributed by atoms with van der Waals surface area (Å²) in [5.74, 6) is -0.642. The molecule has 0 saturated carbocycles. The first-order chi connectivity index (χ1) is 13.9. The number of aliphatic hydroxyl groups excluding tert-OH is 1. The average Bonchev–Trinajstić information content (AvgIpc) is 2.99. The highest BCUT2D eigenvalue weighted by molar-refractivity contribution is 5.72. The van der Waals surface area contributed by atoms with E-state index in [0.29, 0.717) is 18.8 Å². The van der Waals surface area contributed by atoms with Crippen molar-refractivity contribution < 1.29 is 24.5 Å². The Bertz CT molecular complexity index is 803. The highest BCUT2D eigenvalue weighted by Crippen LogP contribution is 2.62. The molecule has 1 saturated heterocycles. The summed E-state index contributed by atoms with van der Waals surface area (Å²) in [6, 6.07) is 6.59. The Morgan fingerprint density at radius 2 is 2.07 bits per heavy atom. The van der Waals surface area contributed by atoms with Crippen LogP contribution in [0.4, 0.5) is 0 Å². The van der Waals surface area contributed by atoms with Crippen LogP contribution in [0, 0.1) is 24.2 Å². The van der Waals surface area contributed by atoms with Gasteiger partial charge in [0.15, 0.2) is 0 Å². The van der Waals surface area contributed by atoms with Crippen molar-refractivity contribution in [3.8, 4) is 0 Å². The molecule has 0 bridgehead atoms. The predicted molar refractivity (Wildman–Crippen MR) is 116 cm³/mol. The lowest BCUT2D eigenvalue weighted by atomic mass is 9.57. The largest absolute Gasteiger partial charge is 0.469 e. The van der Waals surface area contributed by atoms with Crippen molar-refractivity contribution in [1.29, 1.82) is 0 Å². The molecule has 0 spiro atoms. The normalized spacial score (nSPS) is 34.4. The minimum atomic E-state index is -1.11. The van der Waals surface area contributed by atoms with Gasteiger partial charge in [-0.05, 0) is 70.4 Å². The first-order valence-electron chi connectivity index (χ1n) is 11.1. The summed E-state index contributed by atoms with van der Waals surface area (Å²) in [5.41, 5.74) is 2.15. The minimum Gasteiger partial charge on any atom is -0.469 e. The van der Waals surface area contributed by atoms with Gasteiger partial charge in [0, 0.05) is 5.41 Å². The molecular weight excluding hydrogens is 380 g/mol. The van der Waals surface area contributed by atoms with Crippen molar-refractivity contribution in [1.82, 2.24) is 0 Å². The molecule has 5 nitrogen and oxygen atoms in total. The molecule has 0 amide bonds. The summed E-state index contributed by atoms with van der Waals surface area (Å²) < 4.78 is 11.4. The van der Waals surface area contributed by atoms with E-state index in [1.54, 1.807) is 13.8 Å². The SMILES string of the molecule is COC(=O)[C@H](C)[C@H](O)CC[C@@](C)(O)[C@@H]1C[C@@]2(C)[C@H](C)Cc3cc(C)ccc3[C@@]2(C)O1. The van der Waals surface area contributed by atoms with Gasteiger partial charge >= 0.3 is 5.97 Å². The van der Waals surface area contributed by atoms with Gasteiger partial charge in [-0.25, -0.2) is 0 Å². The number of ether oxygens (including phenoxy) is 2. The van der Waals surface area contributed by atoms with Crippen molar-refractivity contribution in [2.45, 2.75) is 90.6 Å². The molecule has 5 heteroatoms. The Balaban J connectivity index is 1.81. The number of carbonyl (C=O) groups excluding carboxylic acids is 1. The van der Waals surface area contributed by atoms with Crippen LogP contribution in [0.3, 0.4) is 0 Å². The zero-order chi connectivity index (χ0) is 22.5. The van der Waals surface area contributed by atoms with Gasteiger partial charge in [-0.3, -0.25) is 4.79 Å². The van der Waals surface area contributed by atoms with E-state index >= 15 is 0 Å². The molecule has 1 fully saturated rings. The summed E-state index contributed by atoms with van der Waals surface area (Å²) >= 11 is 0. The molecule has 7 atom stereocenters. The maximum atomic E-state index is 11.7. The highest BCUT2D eigenvalue weighted by Gasteiger charge is 2.62. The lowest BCUT2D eigenvalue weighted by Gasteiger charge is -2.49. The Labute approximate surface area is 180 Å². The van der Waals surface area contributed by atoms with Crippen molar-refractivity contribution in [3.63, 3.8) is 0 Å². The fraction of sp³-hybridized carbons (Fsp3) is 0.720. The third-order valence-electron chi connectivity index (χ3n) is 8.26. The van der Waals surface area contributed by atoms with Crippen molar-refractivity contribution in [2.75, 3.05) is 7.11 Å². The second-order valence-electron chi connectivity index (χ2n) is 10.3. The number of carbonyl (C=O) groups is 1. The van der Waals surface area contributed by atoms with Crippen LogP contribution in [0.5, 0.6) is 0 Å². The van der Waals surface area contributed by atoms with Gasteiger partial charge in [0.1, 0.15) is 0 Å². The van der Waals surface area contributed by atoms with Gasteiger partial charge in [-0.2, -0.15) is 0 Å². The monoisotopic (exact) mass is 418 g/mol. The zero-order valence-corrected chi connectivity index (χ0v) is 19.5. The number of hydrogen-bond acceptors (Lipinski definition) is 5. The van der Waals surface area contributed by atoms with E-state index < -0.39 is 29.2 Å². The van der Waals surface area contributed by atoms with Gasteiger partial charge < -0.3 is 19.7 Å². The van der Waals surface area contributed by atoms with E-state index in [4.69, 9.17) is 9.47 Å². The Kier molecular flexibility index (Phi) is 6.14. The maximum Gasteiger partial charge on any atom is 0.311 e. The summed E-state index contributed by atoms with van der Waals surface area (Å²) in [6.45, 7) is 12.3. The number of aryl methyl sites for hydroxylation is 1. The molecule has 2 aliphatic rings. The van der Waals surface area contributed by atoms with Gasteiger partial charge in [-0.15, -0.1) is 0 Å². The number of benzene rings is 1. The van der Waals surface area contributed by atoms with Gasteiger partial charge in [-0.1, -0.05) is 37.6 Å². The minimum absolute atomic E-state index is 0.0954. The molecule has 0 aromatic heterocycles. The van der Waals surface area contributed by atoms with Crippen LogP contribution in [0.2, 0.25) is 0 Å². The molecule has 0 radical (unpaired) electrons. The van der Waals surface area contributed by atoms with Crippen LogP contribution in [0.15, 0.2) is 18.2 Å². The van der Waals surface area contributed by atoms with Crippen molar-refractivity contribution in [3.05, 3.63) is 34.9 Å². The zero-order valence-electron chi connectivity index (χ0n) is 19.5. The van der Waals surface area contributed by atoms with Gasteiger partial charge in [0.25, 0.3) is 0 Å². The molecule has 1 aromatic rings. The fourth-order valence-electron chi connectivity index (χ4n) is 5.54. The molecule has 1 aliphatic heterocycles. The lowest BCUT2D eigenvalue weighted by Crippen LogP contribution is -2.47. The third-order valence-corrected chi connectivity index (χ3v) is 8.26. The second-order valence-corrected chi connectivity index (χ2v) is 10.3. The number of methoxy groups -OCH3 is 1. The lowest BCUT2D eigenvalue weighted by molar-refractivity contribution is -0.156. The predicted octanol–water partition coefficient (Wildman–Crippen LogP) is 3.90. The number of esters is 1. The molecule has 168 valence electrons. The fourth-order valence-corrected chi connectivity index (χ4v) is 5.54. The van der Waals surface area contributed by atoms with Crippen LogP contribution >= 0.6 is 0 Å². The van der Waals surface area contributed by atoms with E-state index in [9.17, 15) is 15.0 Å². The Morgan fingerprint density at radius 1 is 1.40 bits per heavy atom.